The molecule has 0 amide bonds. The smallest absolute Gasteiger partial charge is 0.176 e. The summed E-state index contributed by atoms with van der Waals surface area (Å²) in [6.45, 7) is 4.33. The first-order valence-electron chi connectivity index (χ1n) is 5.74. The van der Waals surface area contributed by atoms with Gasteiger partial charge in [-0.05, 0) is 24.5 Å². The normalized spacial score (nSPS) is 10.8. The van der Waals surface area contributed by atoms with Crippen LogP contribution in [0.5, 0.6) is 5.75 Å². The Kier molecular flexibility index (Phi) is 3.42. The van der Waals surface area contributed by atoms with Crippen molar-refractivity contribution in [1.29, 1.82) is 0 Å². The van der Waals surface area contributed by atoms with Crippen molar-refractivity contribution in [3.63, 3.8) is 0 Å². The highest BCUT2D eigenvalue weighted by Crippen LogP contribution is 2.21. The Hall–Kier alpha value is -1.84. The average molecular weight is 231 g/mol. The van der Waals surface area contributed by atoms with E-state index in [0.717, 1.165) is 23.6 Å². The summed E-state index contributed by atoms with van der Waals surface area (Å²) in [5, 5.41) is 0. The maximum Gasteiger partial charge on any atom is 0.176 e. The summed E-state index contributed by atoms with van der Waals surface area (Å²) in [6.07, 6.45) is 4.49. The Labute approximate surface area is 101 Å². The van der Waals surface area contributed by atoms with Gasteiger partial charge in [0.2, 0.25) is 0 Å². The van der Waals surface area contributed by atoms with Crippen LogP contribution in [0, 0.1) is 5.92 Å². The zero-order chi connectivity index (χ0) is 12.3. The van der Waals surface area contributed by atoms with Gasteiger partial charge in [-0.25, -0.2) is 9.97 Å². The lowest BCUT2D eigenvalue weighted by Crippen LogP contribution is -2.03. The number of hydrogen-bond acceptors (Lipinski definition) is 3. The SMILES string of the molecule is COc1cnc(-c2ccc[nH]2)nc1CC(C)C. The van der Waals surface area contributed by atoms with E-state index in [2.05, 4.69) is 28.8 Å². The minimum atomic E-state index is 0.537. The predicted octanol–water partition coefficient (Wildman–Crippen LogP) is 2.68. The van der Waals surface area contributed by atoms with Crippen LogP contribution in [0.4, 0.5) is 0 Å². The van der Waals surface area contributed by atoms with Crippen molar-refractivity contribution in [2.75, 3.05) is 7.11 Å². The van der Waals surface area contributed by atoms with E-state index in [9.17, 15) is 0 Å². The zero-order valence-corrected chi connectivity index (χ0v) is 10.4. The standard InChI is InChI=1S/C13H17N3O/c1-9(2)7-11-12(17-3)8-15-13(16-11)10-5-4-6-14-10/h4-6,8-9,14H,7H2,1-3H3. The fourth-order valence-corrected chi connectivity index (χ4v) is 1.71. The summed E-state index contributed by atoms with van der Waals surface area (Å²) in [5.41, 5.74) is 1.89. The lowest BCUT2D eigenvalue weighted by atomic mass is 10.1. The monoisotopic (exact) mass is 231 g/mol. The highest BCUT2D eigenvalue weighted by Gasteiger charge is 2.10. The van der Waals surface area contributed by atoms with Crippen molar-refractivity contribution in [1.82, 2.24) is 15.0 Å². The molecule has 0 fully saturated rings. The van der Waals surface area contributed by atoms with Crippen LogP contribution < -0.4 is 4.74 Å². The molecule has 0 saturated carbocycles. The molecule has 0 aliphatic heterocycles. The third-order valence-corrected chi connectivity index (χ3v) is 2.49. The molecule has 0 atom stereocenters. The van der Waals surface area contributed by atoms with Gasteiger partial charge in [-0.3, -0.25) is 0 Å². The summed E-state index contributed by atoms with van der Waals surface area (Å²) in [5.74, 6) is 2.01. The quantitative estimate of drug-likeness (QED) is 0.880. The summed E-state index contributed by atoms with van der Waals surface area (Å²) in [7, 11) is 1.65. The Morgan fingerprint density at radius 1 is 1.41 bits per heavy atom. The molecule has 0 aliphatic rings. The average Bonchev–Trinajstić information content (AvgIpc) is 2.81. The number of hydrogen-bond donors (Lipinski definition) is 1. The van der Waals surface area contributed by atoms with Crippen molar-refractivity contribution < 1.29 is 4.74 Å². The van der Waals surface area contributed by atoms with Crippen molar-refractivity contribution in [2.24, 2.45) is 5.92 Å². The van der Waals surface area contributed by atoms with E-state index in [1.165, 1.54) is 0 Å². The number of nitrogens with one attached hydrogen (secondary N) is 1. The number of ether oxygens (including phenoxy) is 1. The maximum absolute atomic E-state index is 5.28. The molecule has 4 nitrogen and oxygen atoms in total. The molecule has 0 bridgehead atoms. The third kappa shape index (κ3) is 2.64. The van der Waals surface area contributed by atoms with Crippen LogP contribution in [-0.2, 0) is 6.42 Å². The summed E-state index contributed by atoms with van der Waals surface area (Å²) in [6, 6.07) is 3.89. The van der Waals surface area contributed by atoms with E-state index >= 15 is 0 Å². The van der Waals surface area contributed by atoms with Crippen LogP contribution >= 0.6 is 0 Å². The molecule has 4 heteroatoms. The van der Waals surface area contributed by atoms with Gasteiger partial charge in [0.15, 0.2) is 11.6 Å². The number of aromatic amines is 1. The number of nitrogens with zero attached hydrogens (tertiary/aromatic N) is 2. The second kappa shape index (κ2) is 4.99. The van der Waals surface area contributed by atoms with Crippen LogP contribution in [0.3, 0.4) is 0 Å². The highest BCUT2D eigenvalue weighted by atomic mass is 16.5. The van der Waals surface area contributed by atoms with Crippen molar-refractivity contribution in [2.45, 2.75) is 20.3 Å². The zero-order valence-electron chi connectivity index (χ0n) is 10.4. The first kappa shape index (κ1) is 11.6. The fraction of sp³-hybridized carbons (Fsp3) is 0.385. The van der Waals surface area contributed by atoms with Gasteiger partial charge >= 0.3 is 0 Å². The van der Waals surface area contributed by atoms with E-state index in [0.29, 0.717) is 11.7 Å². The topological polar surface area (TPSA) is 50.8 Å². The first-order valence-corrected chi connectivity index (χ1v) is 5.74. The predicted molar refractivity (Wildman–Crippen MR) is 66.9 cm³/mol. The Morgan fingerprint density at radius 2 is 2.24 bits per heavy atom. The van der Waals surface area contributed by atoms with Crippen molar-refractivity contribution >= 4 is 0 Å². The summed E-state index contributed by atoms with van der Waals surface area (Å²) < 4.78 is 5.28. The van der Waals surface area contributed by atoms with Gasteiger partial charge in [-0.1, -0.05) is 13.8 Å². The molecule has 1 N–H and O–H groups in total. The van der Waals surface area contributed by atoms with Gasteiger partial charge in [-0.15, -0.1) is 0 Å². The van der Waals surface area contributed by atoms with Gasteiger partial charge in [0.05, 0.1) is 24.7 Å². The van der Waals surface area contributed by atoms with Gasteiger partial charge in [0.1, 0.15) is 0 Å². The van der Waals surface area contributed by atoms with Gasteiger partial charge in [0.25, 0.3) is 0 Å². The largest absolute Gasteiger partial charge is 0.493 e. The first-order chi connectivity index (χ1) is 8.20. The number of H-pyrrole nitrogens is 1. The number of methoxy groups -OCH3 is 1. The van der Waals surface area contributed by atoms with Crippen molar-refractivity contribution in [3.05, 3.63) is 30.2 Å². The van der Waals surface area contributed by atoms with Crippen molar-refractivity contribution in [3.8, 4) is 17.3 Å². The lowest BCUT2D eigenvalue weighted by molar-refractivity contribution is 0.401. The second-order valence-electron chi connectivity index (χ2n) is 4.39. The van der Waals surface area contributed by atoms with E-state index in [1.807, 2.05) is 18.3 Å². The van der Waals surface area contributed by atoms with Crippen LogP contribution in [0.1, 0.15) is 19.5 Å². The molecule has 90 valence electrons. The summed E-state index contributed by atoms with van der Waals surface area (Å²) >= 11 is 0. The molecule has 0 unspecified atom stereocenters. The lowest BCUT2D eigenvalue weighted by Gasteiger charge is -2.10. The number of rotatable bonds is 4. The highest BCUT2D eigenvalue weighted by molar-refractivity contribution is 5.50. The minimum Gasteiger partial charge on any atom is -0.493 e. The second-order valence-corrected chi connectivity index (χ2v) is 4.39. The molecule has 2 aromatic heterocycles. The molecule has 0 aromatic carbocycles. The summed E-state index contributed by atoms with van der Waals surface area (Å²) in [4.78, 5) is 12.0. The third-order valence-electron chi connectivity index (χ3n) is 2.49. The molecular formula is C13H17N3O. The molecule has 2 aromatic rings. The van der Waals surface area contributed by atoms with E-state index < -0.39 is 0 Å². The van der Waals surface area contributed by atoms with Crippen LogP contribution in [0.2, 0.25) is 0 Å². The van der Waals surface area contributed by atoms with E-state index in [4.69, 9.17) is 4.74 Å². The maximum atomic E-state index is 5.28. The molecule has 0 aliphatic carbocycles. The Bertz CT molecular complexity index is 477. The molecule has 0 spiro atoms. The van der Waals surface area contributed by atoms with Gasteiger partial charge in [0, 0.05) is 6.20 Å². The molecule has 0 radical (unpaired) electrons. The molecular weight excluding hydrogens is 214 g/mol. The number of aromatic nitrogens is 3. The molecule has 2 rings (SSSR count). The molecule has 2 heterocycles. The van der Waals surface area contributed by atoms with Gasteiger partial charge in [-0.2, -0.15) is 0 Å². The van der Waals surface area contributed by atoms with Crippen LogP contribution in [-0.4, -0.2) is 22.1 Å². The van der Waals surface area contributed by atoms with E-state index in [1.54, 1.807) is 13.3 Å². The fourth-order valence-electron chi connectivity index (χ4n) is 1.71. The Balaban J connectivity index is 2.37. The molecule has 0 saturated heterocycles. The Morgan fingerprint density at radius 3 is 2.82 bits per heavy atom. The van der Waals surface area contributed by atoms with Crippen LogP contribution in [0.15, 0.2) is 24.5 Å². The van der Waals surface area contributed by atoms with Gasteiger partial charge < -0.3 is 9.72 Å². The molecule has 17 heavy (non-hydrogen) atoms. The minimum absolute atomic E-state index is 0.537. The van der Waals surface area contributed by atoms with E-state index in [-0.39, 0.29) is 0 Å². The van der Waals surface area contributed by atoms with Crippen LogP contribution in [0.25, 0.3) is 11.5 Å².